The number of ether oxygens (including phenoxy) is 1. The highest BCUT2D eigenvalue weighted by Gasteiger charge is 2.06. The summed E-state index contributed by atoms with van der Waals surface area (Å²) in [7, 11) is 0. The van der Waals surface area contributed by atoms with E-state index in [4.69, 9.17) is 4.74 Å². The largest absolute Gasteiger partial charge is 0.491 e. The molecule has 0 spiro atoms. The Bertz CT molecular complexity index is 431. The van der Waals surface area contributed by atoms with E-state index in [1.165, 1.54) is 19.3 Å². The van der Waals surface area contributed by atoms with Gasteiger partial charge in [0.2, 0.25) is 0 Å². The van der Waals surface area contributed by atoms with Crippen LogP contribution in [0.2, 0.25) is 0 Å². The van der Waals surface area contributed by atoms with E-state index < -0.39 is 6.10 Å². The fraction of sp³-hybridized carbons (Fsp3) is 0.500. The predicted octanol–water partition coefficient (Wildman–Crippen LogP) is 3.28. The van der Waals surface area contributed by atoms with E-state index in [2.05, 4.69) is 27.3 Å². The SMILES string of the molecule is OC(CNCCC1=CCCC1)COc1ccc(Br)cc1. The van der Waals surface area contributed by atoms with Crippen molar-refractivity contribution < 1.29 is 9.84 Å². The summed E-state index contributed by atoms with van der Waals surface area (Å²) in [5.74, 6) is 0.781. The van der Waals surface area contributed by atoms with Crippen molar-refractivity contribution in [3.63, 3.8) is 0 Å². The maximum Gasteiger partial charge on any atom is 0.119 e. The first-order chi connectivity index (χ1) is 9.74. The average molecular weight is 340 g/mol. The van der Waals surface area contributed by atoms with Crippen LogP contribution in [0.25, 0.3) is 0 Å². The molecule has 1 unspecified atom stereocenters. The summed E-state index contributed by atoms with van der Waals surface area (Å²) in [5.41, 5.74) is 1.55. The number of benzene rings is 1. The predicted molar refractivity (Wildman–Crippen MR) is 85.1 cm³/mol. The topological polar surface area (TPSA) is 41.5 Å². The van der Waals surface area contributed by atoms with Gasteiger partial charge >= 0.3 is 0 Å². The number of hydrogen-bond acceptors (Lipinski definition) is 3. The van der Waals surface area contributed by atoms with Crippen LogP contribution in [-0.2, 0) is 0 Å². The molecule has 0 saturated carbocycles. The first-order valence-corrected chi connectivity index (χ1v) is 7.98. The fourth-order valence-corrected chi connectivity index (χ4v) is 2.53. The summed E-state index contributed by atoms with van der Waals surface area (Å²) < 4.78 is 6.55. The summed E-state index contributed by atoms with van der Waals surface area (Å²) in [5, 5.41) is 13.1. The molecule has 2 N–H and O–H groups in total. The molecule has 1 aromatic carbocycles. The van der Waals surface area contributed by atoms with Gasteiger partial charge in [-0.15, -0.1) is 0 Å². The van der Waals surface area contributed by atoms with Crippen molar-refractivity contribution in [3.05, 3.63) is 40.4 Å². The second kappa shape index (κ2) is 8.45. The van der Waals surface area contributed by atoms with Gasteiger partial charge in [0.05, 0.1) is 0 Å². The van der Waals surface area contributed by atoms with Gasteiger partial charge in [-0.1, -0.05) is 27.6 Å². The van der Waals surface area contributed by atoms with Crippen LogP contribution in [0, 0.1) is 0 Å². The van der Waals surface area contributed by atoms with Gasteiger partial charge in [-0.25, -0.2) is 0 Å². The Morgan fingerprint density at radius 2 is 2.10 bits per heavy atom. The van der Waals surface area contributed by atoms with Crippen LogP contribution in [0.5, 0.6) is 5.75 Å². The highest BCUT2D eigenvalue weighted by molar-refractivity contribution is 9.10. The van der Waals surface area contributed by atoms with Gasteiger partial charge in [0.25, 0.3) is 0 Å². The molecule has 0 radical (unpaired) electrons. The van der Waals surface area contributed by atoms with Gasteiger partial charge in [0.1, 0.15) is 18.5 Å². The van der Waals surface area contributed by atoms with Gasteiger partial charge in [-0.3, -0.25) is 0 Å². The molecule has 2 rings (SSSR count). The lowest BCUT2D eigenvalue weighted by Crippen LogP contribution is -2.32. The zero-order chi connectivity index (χ0) is 14.2. The minimum absolute atomic E-state index is 0.317. The summed E-state index contributed by atoms with van der Waals surface area (Å²) in [6.07, 6.45) is 6.75. The highest BCUT2D eigenvalue weighted by Crippen LogP contribution is 2.19. The lowest BCUT2D eigenvalue weighted by molar-refractivity contribution is 0.106. The lowest BCUT2D eigenvalue weighted by Gasteiger charge is -2.13. The average Bonchev–Trinajstić information content (AvgIpc) is 2.96. The van der Waals surface area contributed by atoms with E-state index in [1.807, 2.05) is 24.3 Å². The molecule has 4 heteroatoms. The number of hydrogen-bond donors (Lipinski definition) is 2. The summed E-state index contributed by atoms with van der Waals surface area (Å²) >= 11 is 3.38. The first-order valence-electron chi connectivity index (χ1n) is 7.19. The van der Waals surface area contributed by atoms with Crippen LogP contribution in [0.4, 0.5) is 0 Å². The second-order valence-corrected chi connectivity index (χ2v) is 6.04. The highest BCUT2D eigenvalue weighted by atomic mass is 79.9. The van der Waals surface area contributed by atoms with Crippen LogP contribution >= 0.6 is 15.9 Å². The van der Waals surface area contributed by atoms with Crippen molar-refractivity contribution in [1.29, 1.82) is 0 Å². The fourth-order valence-electron chi connectivity index (χ4n) is 2.26. The van der Waals surface area contributed by atoms with E-state index in [0.717, 1.165) is 23.2 Å². The molecule has 0 bridgehead atoms. The Hall–Kier alpha value is -0.840. The van der Waals surface area contributed by atoms with Gasteiger partial charge in [-0.2, -0.15) is 0 Å². The second-order valence-electron chi connectivity index (χ2n) is 5.13. The van der Waals surface area contributed by atoms with E-state index in [1.54, 1.807) is 5.57 Å². The Morgan fingerprint density at radius 1 is 1.30 bits per heavy atom. The molecule has 1 atom stereocenters. The molecular formula is C16H22BrNO2. The molecule has 0 amide bonds. The molecule has 110 valence electrons. The van der Waals surface area contributed by atoms with E-state index in [-0.39, 0.29) is 0 Å². The van der Waals surface area contributed by atoms with Crippen LogP contribution in [0.15, 0.2) is 40.4 Å². The molecule has 1 aromatic rings. The summed E-state index contributed by atoms with van der Waals surface area (Å²) in [4.78, 5) is 0. The maximum atomic E-state index is 9.85. The van der Waals surface area contributed by atoms with Crippen LogP contribution in [0.1, 0.15) is 25.7 Å². The number of rotatable bonds is 8. The van der Waals surface area contributed by atoms with Gasteiger partial charge < -0.3 is 15.2 Å². The molecule has 1 aliphatic rings. The van der Waals surface area contributed by atoms with Crippen molar-refractivity contribution in [3.8, 4) is 5.75 Å². The van der Waals surface area contributed by atoms with Crippen molar-refractivity contribution >= 4 is 15.9 Å². The Balaban J connectivity index is 1.55. The molecule has 0 aromatic heterocycles. The first kappa shape index (κ1) is 15.5. The number of nitrogens with one attached hydrogen (secondary N) is 1. The maximum absolute atomic E-state index is 9.85. The summed E-state index contributed by atoms with van der Waals surface area (Å²) in [6.45, 7) is 1.82. The smallest absolute Gasteiger partial charge is 0.119 e. The third-order valence-corrected chi connectivity index (χ3v) is 3.92. The zero-order valence-corrected chi connectivity index (χ0v) is 13.2. The van der Waals surface area contributed by atoms with Gasteiger partial charge in [0.15, 0.2) is 0 Å². The molecule has 0 heterocycles. The molecule has 0 fully saturated rings. The molecule has 0 saturated heterocycles. The quantitative estimate of drug-likeness (QED) is 0.564. The van der Waals surface area contributed by atoms with Crippen molar-refractivity contribution in [1.82, 2.24) is 5.32 Å². The lowest BCUT2D eigenvalue weighted by atomic mass is 10.2. The van der Waals surface area contributed by atoms with Gasteiger partial charge in [0, 0.05) is 11.0 Å². The number of aliphatic hydroxyl groups excluding tert-OH is 1. The van der Waals surface area contributed by atoms with Crippen molar-refractivity contribution in [2.24, 2.45) is 0 Å². The van der Waals surface area contributed by atoms with E-state index >= 15 is 0 Å². The number of aliphatic hydroxyl groups is 1. The standard InChI is InChI=1S/C16H22BrNO2/c17-14-5-7-16(8-6-14)20-12-15(19)11-18-10-9-13-3-1-2-4-13/h3,5-8,15,18-19H,1-2,4,9-12H2. The third kappa shape index (κ3) is 5.65. The molecule has 1 aliphatic carbocycles. The Kier molecular flexibility index (Phi) is 6.57. The van der Waals surface area contributed by atoms with E-state index in [9.17, 15) is 5.11 Å². The van der Waals surface area contributed by atoms with Gasteiger partial charge in [-0.05, 0) is 56.5 Å². The van der Waals surface area contributed by atoms with Crippen molar-refractivity contribution in [2.45, 2.75) is 31.8 Å². The van der Waals surface area contributed by atoms with Crippen LogP contribution in [-0.4, -0.2) is 30.9 Å². The Morgan fingerprint density at radius 3 is 2.80 bits per heavy atom. The molecule has 20 heavy (non-hydrogen) atoms. The van der Waals surface area contributed by atoms with Crippen LogP contribution < -0.4 is 10.1 Å². The number of halogens is 1. The molecule has 3 nitrogen and oxygen atoms in total. The zero-order valence-electron chi connectivity index (χ0n) is 11.6. The molecular weight excluding hydrogens is 318 g/mol. The van der Waals surface area contributed by atoms with Crippen molar-refractivity contribution in [2.75, 3.05) is 19.7 Å². The number of allylic oxidation sites excluding steroid dienone is 1. The monoisotopic (exact) mass is 339 g/mol. The third-order valence-electron chi connectivity index (χ3n) is 3.39. The minimum Gasteiger partial charge on any atom is -0.491 e. The van der Waals surface area contributed by atoms with E-state index in [0.29, 0.717) is 13.2 Å². The molecule has 0 aliphatic heterocycles. The minimum atomic E-state index is -0.476. The summed E-state index contributed by atoms with van der Waals surface area (Å²) in [6, 6.07) is 7.62. The Labute approximate surface area is 129 Å². The normalized spacial score (nSPS) is 16.0. The van der Waals surface area contributed by atoms with Crippen LogP contribution in [0.3, 0.4) is 0 Å².